The number of rotatable bonds is 4. The molecule has 3 heteroatoms. The summed E-state index contributed by atoms with van der Waals surface area (Å²) >= 11 is 5.72. The van der Waals surface area contributed by atoms with Crippen molar-refractivity contribution in [1.29, 1.82) is 0 Å². The van der Waals surface area contributed by atoms with Crippen LogP contribution in [0, 0.1) is 0 Å². The number of halogens is 1. The first kappa shape index (κ1) is 13.2. The smallest absolute Gasteiger partial charge is 0.120 e. The summed E-state index contributed by atoms with van der Waals surface area (Å²) in [6.45, 7) is 2.10. The van der Waals surface area contributed by atoms with Crippen molar-refractivity contribution in [2.24, 2.45) is 0 Å². The van der Waals surface area contributed by atoms with E-state index in [1.807, 2.05) is 11.8 Å². The van der Waals surface area contributed by atoms with E-state index in [0.29, 0.717) is 18.3 Å². The molecule has 1 aromatic rings. The topological polar surface area (TPSA) is 17.1 Å². The molecule has 2 rings (SSSR count). The lowest BCUT2D eigenvalue weighted by Gasteiger charge is -2.15. The van der Waals surface area contributed by atoms with E-state index in [2.05, 4.69) is 41.1 Å². The van der Waals surface area contributed by atoms with E-state index in [-0.39, 0.29) is 0 Å². The highest BCUT2D eigenvalue weighted by atomic mass is 79.9. The molecule has 1 aromatic carbocycles. The van der Waals surface area contributed by atoms with Gasteiger partial charge in [-0.3, -0.25) is 0 Å². The van der Waals surface area contributed by atoms with E-state index in [0.717, 1.165) is 6.29 Å². The number of thioether (sulfide) groups is 1. The van der Waals surface area contributed by atoms with Crippen LogP contribution in [-0.2, 0) is 4.79 Å². The van der Waals surface area contributed by atoms with Gasteiger partial charge in [0.15, 0.2) is 0 Å². The van der Waals surface area contributed by atoms with E-state index < -0.39 is 0 Å². The van der Waals surface area contributed by atoms with Gasteiger partial charge in [-0.25, -0.2) is 0 Å². The Balaban J connectivity index is 2.18. The maximum atomic E-state index is 10.5. The Morgan fingerprint density at radius 3 is 3.00 bits per heavy atom. The minimum atomic E-state index is 0.316. The number of hydrogen-bond acceptors (Lipinski definition) is 2. The summed E-state index contributed by atoms with van der Waals surface area (Å²) in [5.74, 6) is 3.53. The lowest BCUT2D eigenvalue weighted by atomic mass is 9.93. The van der Waals surface area contributed by atoms with E-state index in [1.165, 1.54) is 33.5 Å². The molecule has 92 valence electrons. The molecule has 1 saturated heterocycles. The monoisotopic (exact) mass is 312 g/mol. The summed E-state index contributed by atoms with van der Waals surface area (Å²) in [6, 6.07) is 6.60. The maximum Gasteiger partial charge on any atom is 0.120 e. The Labute approximate surface area is 115 Å². The molecule has 0 N–H and O–H groups in total. The average Bonchev–Trinajstić information content (AvgIpc) is 2.82. The third-order valence-corrected chi connectivity index (χ3v) is 5.26. The largest absolute Gasteiger partial charge is 0.303 e. The summed E-state index contributed by atoms with van der Waals surface area (Å²) in [5, 5.41) is 0. The zero-order valence-electron chi connectivity index (χ0n) is 9.99. The van der Waals surface area contributed by atoms with Gasteiger partial charge in [-0.1, -0.05) is 35.0 Å². The lowest BCUT2D eigenvalue weighted by molar-refractivity contribution is -0.108. The van der Waals surface area contributed by atoms with Crippen LogP contribution in [0.1, 0.15) is 42.7 Å². The standard InChI is InChI=1S/C14H17BrOS/c1-10(4-6-16)11-2-3-13(14(15)8-11)12-5-7-17-9-12/h2-3,6,8,10,12H,4-5,7,9H2,1H3. The highest BCUT2D eigenvalue weighted by Gasteiger charge is 2.20. The number of carbonyl (C=O) groups excluding carboxylic acids is 1. The van der Waals surface area contributed by atoms with Crippen LogP contribution < -0.4 is 0 Å². The van der Waals surface area contributed by atoms with Gasteiger partial charge in [-0.15, -0.1) is 0 Å². The molecule has 2 unspecified atom stereocenters. The van der Waals surface area contributed by atoms with Gasteiger partial charge < -0.3 is 4.79 Å². The fourth-order valence-corrected chi connectivity index (χ4v) is 4.21. The molecule has 1 aliphatic heterocycles. The minimum absolute atomic E-state index is 0.316. The zero-order chi connectivity index (χ0) is 12.3. The Morgan fingerprint density at radius 2 is 2.41 bits per heavy atom. The van der Waals surface area contributed by atoms with E-state index in [1.54, 1.807) is 0 Å². The van der Waals surface area contributed by atoms with Gasteiger partial charge in [0.05, 0.1) is 0 Å². The molecule has 1 heterocycles. The molecule has 0 amide bonds. The predicted octanol–water partition coefficient (Wildman–Crippen LogP) is 4.36. The second-order valence-corrected chi connectivity index (χ2v) is 6.65. The van der Waals surface area contributed by atoms with Crippen molar-refractivity contribution in [1.82, 2.24) is 0 Å². The van der Waals surface area contributed by atoms with E-state index >= 15 is 0 Å². The third kappa shape index (κ3) is 3.14. The quantitative estimate of drug-likeness (QED) is 0.768. The fourth-order valence-electron chi connectivity index (χ4n) is 2.24. The zero-order valence-corrected chi connectivity index (χ0v) is 12.4. The van der Waals surface area contributed by atoms with Gasteiger partial charge in [0, 0.05) is 16.6 Å². The van der Waals surface area contributed by atoms with Gasteiger partial charge in [-0.2, -0.15) is 11.8 Å². The summed E-state index contributed by atoms with van der Waals surface area (Å²) in [6.07, 6.45) is 2.89. The molecule has 2 atom stereocenters. The van der Waals surface area contributed by atoms with Crippen molar-refractivity contribution in [3.05, 3.63) is 33.8 Å². The number of aldehydes is 1. The average molecular weight is 313 g/mol. The molecular formula is C14H17BrOS. The van der Waals surface area contributed by atoms with Crippen LogP contribution in [0.4, 0.5) is 0 Å². The van der Waals surface area contributed by atoms with Crippen molar-refractivity contribution in [3.63, 3.8) is 0 Å². The highest BCUT2D eigenvalue weighted by Crippen LogP contribution is 2.37. The molecule has 0 aromatic heterocycles. The SMILES string of the molecule is CC(CC=O)c1ccc(C2CCSC2)c(Br)c1. The van der Waals surface area contributed by atoms with Crippen LogP contribution in [0.15, 0.2) is 22.7 Å². The van der Waals surface area contributed by atoms with Crippen molar-refractivity contribution < 1.29 is 4.79 Å². The van der Waals surface area contributed by atoms with Gasteiger partial charge in [-0.05, 0) is 41.2 Å². The molecule has 0 aliphatic carbocycles. The summed E-state index contributed by atoms with van der Waals surface area (Å²) in [7, 11) is 0. The fraction of sp³-hybridized carbons (Fsp3) is 0.500. The Bertz CT molecular complexity index is 399. The van der Waals surface area contributed by atoms with Crippen molar-refractivity contribution >= 4 is 34.0 Å². The second kappa shape index (κ2) is 6.05. The van der Waals surface area contributed by atoms with Crippen LogP contribution >= 0.6 is 27.7 Å². The van der Waals surface area contributed by atoms with Gasteiger partial charge in [0.2, 0.25) is 0 Å². The second-order valence-electron chi connectivity index (χ2n) is 4.64. The molecule has 0 radical (unpaired) electrons. The van der Waals surface area contributed by atoms with Gasteiger partial charge in [0.25, 0.3) is 0 Å². The van der Waals surface area contributed by atoms with Crippen LogP contribution in [0.3, 0.4) is 0 Å². The number of benzene rings is 1. The van der Waals surface area contributed by atoms with Crippen LogP contribution in [0.25, 0.3) is 0 Å². The van der Waals surface area contributed by atoms with Crippen molar-refractivity contribution in [3.8, 4) is 0 Å². The number of hydrogen-bond donors (Lipinski definition) is 0. The normalized spacial score (nSPS) is 21.4. The minimum Gasteiger partial charge on any atom is -0.303 e. The molecule has 1 aliphatic rings. The molecule has 0 saturated carbocycles. The van der Waals surface area contributed by atoms with Crippen LogP contribution in [0.2, 0.25) is 0 Å². The van der Waals surface area contributed by atoms with Crippen LogP contribution in [-0.4, -0.2) is 17.8 Å². The molecule has 1 nitrogen and oxygen atoms in total. The summed E-state index contributed by atoms with van der Waals surface area (Å²) in [4.78, 5) is 10.5. The summed E-state index contributed by atoms with van der Waals surface area (Å²) in [5.41, 5.74) is 2.68. The summed E-state index contributed by atoms with van der Waals surface area (Å²) < 4.78 is 1.21. The van der Waals surface area contributed by atoms with Gasteiger partial charge in [0.1, 0.15) is 6.29 Å². The van der Waals surface area contributed by atoms with Gasteiger partial charge >= 0.3 is 0 Å². The van der Waals surface area contributed by atoms with E-state index in [9.17, 15) is 4.79 Å². The van der Waals surface area contributed by atoms with E-state index in [4.69, 9.17) is 0 Å². The van der Waals surface area contributed by atoms with Crippen molar-refractivity contribution in [2.75, 3.05) is 11.5 Å². The Kier molecular flexibility index (Phi) is 4.69. The third-order valence-electron chi connectivity index (χ3n) is 3.41. The maximum absolute atomic E-state index is 10.5. The molecule has 0 spiro atoms. The lowest BCUT2D eigenvalue weighted by Crippen LogP contribution is -2.00. The first-order valence-electron chi connectivity index (χ1n) is 6.03. The first-order valence-corrected chi connectivity index (χ1v) is 7.98. The molecular weight excluding hydrogens is 296 g/mol. The predicted molar refractivity (Wildman–Crippen MR) is 77.9 cm³/mol. The van der Waals surface area contributed by atoms with Crippen molar-refractivity contribution in [2.45, 2.75) is 31.6 Å². The molecule has 0 bridgehead atoms. The van der Waals surface area contributed by atoms with Crippen LogP contribution in [0.5, 0.6) is 0 Å². The Morgan fingerprint density at radius 1 is 1.59 bits per heavy atom. The Hall–Kier alpha value is -0.280. The molecule has 17 heavy (non-hydrogen) atoms. The highest BCUT2D eigenvalue weighted by molar-refractivity contribution is 9.10. The molecule has 1 fully saturated rings. The first-order chi connectivity index (χ1) is 8.22. The number of carbonyl (C=O) groups is 1.